The molecule has 182 valence electrons. The molecule has 2 N–H and O–H groups in total. The fourth-order valence-electron chi connectivity index (χ4n) is 4.78. The van der Waals surface area contributed by atoms with Crippen LogP contribution in [0.4, 0.5) is 11.5 Å². The Kier molecular flexibility index (Phi) is 6.75. The van der Waals surface area contributed by atoms with Crippen molar-refractivity contribution < 1.29 is 18.8 Å². The SMILES string of the molecule is O=C(Nc1ccc(Cl)cn1)c1oc2ccc(Br)nc2c1NC(=O)[C@H]1CC[C@H](N2CCCC2=O)CC1. The maximum Gasteiger partial charge on any atom is 0.294 e. The number of nitrogens with zero attached hydrogens (tertiary/aromatic N) is 3. The van der Waals surface area contributed by atoms with Gasteiger partial charge >= 0.3 is 0 Å². The van der Waals surface area contributed by atoms with Crippen LogP contribution in [0.2, 0.25) is 5.02 Å². The normalized spacial score (nSPS) is 20.3. The van der Waals surface area contributed by atoms with Crippen molar-refractivity contribution in [2.75, 3.05) is 17.2 Å². The van der Waals surface area contributed by atoms with Crippen molar-refractivity contribution >= 4 is 67.9 Å². The van der Waals surface area contributed by atoms with E-state index in [1.54, 1.807) is 24.3 Å². The third-order valence-corrected chi connectivity index (χ3v) is 7.21. The number of rotatable bonds is 5. The maximum absolute atomic E-state index is 13.2. The molecule has 9 nitrogen and oxygen atoms in total. The average molecular weight is 561 g/mol. The maximum atomic E-state index is 13.2. The molecule has 0 atom stereocenters. The van der Waals surface area contributed by atoms with Gasteiger partial charge in [-0.15, -0.1) is 0 Å². The summed E-state index contributed by atoms with van der Waals surface area (Å²) in [6.45, 7) is 0.808. The summed E-state index contributed by atoms with van der Waals surface area (Å²) in [5.41, 5.74) is 0.960. The lowest BCUT2D eigenvalue weighted by Gasteiger charge is -2.34. The number of pyridine rings is 2. The highest BCUT2D eigenvalue weighted by Crippen LogP contribution is 2.34. The standard InChI is InChI=1S/C24H23BrClN5O4/c25-17-9-8-16-20(28-17)21(22(35-16)24(34)29-18-10-5-14(26)12-27-18)30-23(33)13-3-6-15(7-4-13)31-11-1-2-19(31)32/h5,8-10,12-13,15H,1-4,6-7,11H2,(H,30,33)(H,27,29,34)/t13-,15-. The van der Waals surface area contributed by atoms with Crippen molar-refractivity contribution in [3.8, 4) is 0 Å². The minimum Gasteiger partial charge on any atom is -0.447 e. The van der Waals surface area contributed by atoms with Gasteiger partial charge in [0.2, 0.25) is 17.6 Å². The number of carbonyl (C=O) groups excluding carboxylic acids is 3. The van der Waals surface area contributed by atoms with Gasteiger partial charge in [0.1, 0.15) is 21.6 Å². The van der Waals surface area contributed by atoms with Crippen LogP contribution in [0, 0.1) is 5.92 Å². The summed E-state index contributed by atoms with van der Waals surface area (Å²) in [5, 5.41) is 6.01. The van der Waals surface area contributed by atoms with Crippen LogP contribution >= 0.6 is 27.5 Å². The fourth-order valence-corrected chi connectivity index (χ4v) is 5.20. The number of likely N-dealkylation sites (tertiary alicyclic amines) is 1. The first kappa shape index (κ1) is 23.7. The van der Waals surface area contributed by atoms with Crippen LogP contribution < -0.4 is 10.6 Å². The molecule has 0 bridgehead atoms. The number of fused-ring (bicyclic) bond motifs is 1. The molecule has 35 heavy (non-hydrogen) atoms. The molecule has 3 amide bonds. The number of carbonyl (C=O) groups is 3. The Morgan fingerprint density at radius 2 is 1.91 bits per heavy atom. The molecule has 1 aliphatic carbocycles. The molecule has 4 heterocycles. The number of aromatic nitrogens is 2. The lowest BCUT2D eigenvalue weighted by Crippen LogP contribution is -2.40. The molecular weight excluding hydrogens is 538 g/mol. The van der Waals surface area contributed by atoms with Gasteiger partial charge in [-0.1, -0.05) is 11.6 Å². The minimum absolute atomic E-state index is 0.0629. The summed E-state index contributed by atoms with van der Waals surface area (Å²) >= 11 is 9.21. The topological polar surface area (TPSA) is 117 Å². The molecule has 1 saturated heterocycles. The van der Waals surface area contributed by atoms with Crippen LogP contribution in [-0.2, 0) is 9.59 Å². The van der Waals surface area contributed by atoms with Crippen molar-refractivity contribution in [1.29, 1.82) is 0 Å². The van der Waals surface area contributed by atoms with Crippen molar-refractivity contribution in [1.82, 2.24) is 14.9 Å². The van der Waals surface area contributed by atoms with Crippen molar-refractivity contribution in [3.05, 3.63) is 45.8 Å². The summed E-state index contributed by atoms with van der Waals surface area (Å²) < 4.78 is 6.33. The Hall–Kier alpha value is -2.98. The molecule has 2 fully saturated rings. The van der Waals surface area contributed by atoms with Gasteiger partial charge < -0.3 is 20.0 Å². The number of furan rings is 1. The molecule has 0 radical (unpaired) electrons. The Balaban J connectivity index is 1.34. The number of anilines is 2. The van der Waals surface area contributed by atoms with Crippen molar-refractivity contribution in [2.45, 2.75) is 44.6 Å². The average Bonchev–Trinajstić information content (AvgIpc) is 3.44. The highest BCUT2D eigenvalue weighted by atomic mass is 79.9. The first-order valence-electron chi connectivity index (χ1n) is 11.5. The van der Waals surface area contributed by atoms with Gasteiger partial charge in [0.25, 0.3) is 5.91 Å². The quantitative estimate of drug-likeness (QED) is 0.424. The largest absolute Gasteiger partial charge is 0.447 e. The number of halogens is 2. The lowest BCUT2D eigenvalue weighted by atomic mass is 9.84. The van der Waals surface area contributed by atoms with E-state index in [0.29, 0.717) is 45.8 Å². The summed E-state index contributed by atoms with van der Waals surface area (Å²) in [6.07, 6.45) is 5.86. The smallest absolute Gasteiger partial charge is 0.294 e. The van der Waals surface area contributed by atoms with Crippen molar-refractivity contribution in [2.24, 2.45) is 5.92 Å². The first-order chi connectivity index (χ1) is 16.9. The highest BCUT2D eigenvalue weighted by Gasteiger charge is 2.34. The second-order valence-electron chi connectivity index (χ2n) is 8.79. The van der Waals surface area contributed by atoms with Crippen LogP contribution in [-0.4, -0.2) is 45.2 Å². The van der Waals surface area contributed by atoms with Gasteiger partial charge in [-0.05, 0) is 72.3 Å². The van der Waals surface area contributed by atoms with Crippen LogP contribution in [0.1, 0.15) is 49.1 Å². The van der Waals surface area contributed by atoms with E-state index in [0.717, 1.165) is 25.8 Å². The van der Waals surface area contributed by atoms with Gasteiger partial charge in [-0.2, -0.15) is 0 Å². The van der Waals surface area contributed by atoms with Crippen LogP contribution in [0.25, 0.3) is 11.1 Å². The summed E-state index contributed by atoms with van der Waals surface area (Å²) in [6, 6.07) is 6.75. The number of amides is 3. The zero-order valence-corrected chi connectivity index (χ0v) is 21.1. The molecule has 1 aliphatic heterocycles. The highest BCUT2D eigenvalue weighted by molar-refractivity contribution is 9.10. The molecule has 1 saturated carbocycles. The molecule has 0 spiro atoms. The fraction of sp³-hybridized carbons (Fsp3) is 0.375. The predicted octanol–water partition coefficient (Wildman–Crippen LogP) is 5.01. The molecular formula is C24H23BrClN5O4. The number of hydrogen-bond acceptors (Lipinski definition) is 6. The van der Waals surface area contributed by atoms with E-state index in [-0.39, 0.29) is 35.2 Å². The Labute approximate surface area is 214 Å². The van der Waals surface area contributed by atoms with E-state index in [9.17, 15) is 14.4 Å². The van der Waals surface area contributed by atoms with Gasteiger partial charge in [-0.25, -0.2) is 9.97 Å². The molecule has 3 aromatic rings. The Bertz CT molecular complexity index is 1290. The second-order valence-corrected chi connectivity index (χ2v) is 10.0. The van der Waals surface area contributed by atoms with E-state index >= 15 is 0 Å². The minimum atomic E-state index is -0.569. The van der Waals surface area contributed by atoms with Crippen LogP contribution in [0.15, 0.2) is 39.5 Å². The molecule has 2 aliphatic rings. The van der Waals surface area contributed by atoms with Crippen LogP contribution in [0.5, 0.6) is 0 Å². The molecule has 0 aromatic carbocycles. The summed E-state index contributed by atoms with van der Waals surface area (Å²) in [5.74, 6) is -0.548. The van der Waals surface area contributed by atoms with E-state index in [1.807, 2.05) is 4.90 Å². The first-order valence-corrected chi connectivity index (χ1v) is 12.7. The van der Waals surface area contributed by atoms with Gasteiger partial charge in [0.15, 0.2) is 5.58 Å². The summed E-state index contributed by atoms with van der Waals surface area (Å²) in [7, 11) is 0. The molecule has 3 aromatic heterocycles. The number of nitrogens with one attached hydrogen (secondary N) is 2. The lowest BCUT2D eigenvalue weighted by molar-refractivity contribution is -0.130. The van der Waals surface area contributed by atoms with E-state index < -0.39 is 5.91 Å². The predicted molar refractivity (Wildman–Crippen MR) is 134 cm³/mol. The molecule has 11 heteroatoms. The second kappa shape index (κ2) is 9.94. The third kappa shape index (κ3) is 5.04. The zero-order chi connectivity index (χ0) is 24.5. The summed E-state index contributed by atoms with van der Waals surface area (Å²) in [4.78, 5) is 48.8. The monoisotopic (exact) mass is 559 g/mol. The third-order valence-electron chi connectivity index (χ3n) is 6.54. The van der Waals surface area contributed by atoms with E-state index in [4.69, 9.17) is 16.0 Å². The van der Waals surface area contributed by atoms with Gasteiger partial charge in [0.05, 0.1) is 5.02 Å². The van der Waals surface area contributed by atoms with Crippen molar-refractivity contribution in [3.63, 3.8) is 0 Å². The molecule has 0 unspecified atom stereocenters. The van der Waals surface area contributed by atoms with Gasteiger partial charge in [-0.3, -0.25) is 14.4 Å². The van der Waals surface area contributed by atoms with E-state index in [2.05, 4.69) is 36.5 Å². The zero-order valence-electron chi connectivity index (χ0n) is 18.7. The Morgan fingerprint density at radius 1 is 1.11 bits per heavy atom. The number of hydrogen-bond donors (Lipinski definition) is 2. The van der Waals surface area contributed by atoms with Crippen LogP contribution in [0.3, 0.4) is 0 Å². The molecule has 5 rings (SSSR count). The van der Waals surface area contributed by atoms with Gasteiger partial charge in [0, 0.05) is 31.1 Å². The van der Waals surface area contributed by atoms with E-state index in [1.165, 1.54) is 6.20 Å². The Morgan fingerprint density at radius 3 is 2.60 bits per heavy atom.